The van der Waals surface area contributed by atoms with Crippen LogP contribution in [0.1, 0.15) is 37.4 Å². The third-order valence-corrected chi connectivity index (χ3v) is 5.18. The zero-order valence-corrected chi connectivity index (χ0v) is 17.2. The van der Waals surface area contributed by atoms with E-state index >= 15 is 0 Å². The molecule has 1 amide bonds. The Balaban J connectivity index is 1.65. The molecule has 0 radical (unpaired) electrons. The highest BCUT2D eigenvalue weighted by Crippen LogP contribution is 2.22. The number of nitrogens with zero attached hydrogens (tertiary/aromatic N) is 4. The first-order chi connectivity index (χ1) is 13.5. The zero-order chi connectivity index (χ0) is 19.9. The third kappa shape index (κ3) is 5.42. The maximum Gasteiger partial charge on any atom is 0.230 e. The van der Waals surface area contributed by atoms with Crippen molar-refractivity contribution in [2.45, 2.75) is 38.4 Å². The average Bonchev–Trinajstić information content (AvgIpc) is 3.15. The van der Waals surface area contributed by atoms with Crippen molar-refractivity contribution in [2.24, 2.45) is 5.92 Å². The molecular weight excluding hydrogens is 370 g/mol. The van der Waals surface area contributed by atoms with Crippen molar-refractivity contribution in [3.63, 3.8) is 0 Å². The standard InChI is InChI=1S/C21H25N5OS/c1-15(2)12-19(17-9-5-4-6-10-17)22-20(27)14-28-21-23-24-25-26(21)18-11-7-8-16(3)13-18/h4-11,13,15,19H,12,14H2,1-3H3,(H,22,27). The molecule has 6 nitrogen and oxygen atoms in total. The summed E-state index contributed by atoms with van der Waals surface area (Å²) < 4.78 is 1.66. The smallest absolute Gasteiger partial charge is 0.230 e. The van der Waals surface area contributed by atoms with Gasteiger partial charge in [-0.05, 0) is 52.9 Å². The number of carbonyl (C=O) groups is 1. The average molecular weight is 396 g/mol. The van der Waals surface area contributed by atoms with Crippen molar-refractivity contribution < 1.29 is 4.79 Å². The molecule has 1 atom stereocenters. The number of carbonyl (C=O) groups excluding carboxylic acids is 1. The molecule has 1 aromatic heterocycles. The van der Waals surface area contributed by atoms with Crippen LogP contribution in [0.4, 0.5) is 0 Å². The first kappa shape index (κ1) is 20.1. The number of aryl methyl sites for hydroxylation is 1. The summed E-state index contributed by atoms with van der Waals surface area (Å²) in [4.78, 5) is 12.6. The Morgan fingerprint density at radius 3 is 2.64 bits per heavy atom. The van der Waals surface area contributed by atoms with Crippen LogP contribution >= 0.6 is 11.8 Å². The molecule has 0 aliphatic heterocycles. The second-order valence-electron chi connectivity index (χ2n) is 7.16. The molecule has 0 saturated carbocycles. The topological polar surface area (TPSA) is 72.7 Å². The molecule has 2 aromatic carbocycles. The Labute approximate surface area is 169 Å². The minimum atomic E-state index is -0.0294. The van der Waals surface area contributed by atoms with Crippen molar-refractivity contribution in [1.29, 1.82) is 0 Å². The van der Waals surface area contributed by atoms with Gasteiger partial charge in [0.25, 0.3) is 0 Å². The van der Waals surface area contributed by atoms with E-state index in [1.54, 1.807) is 4.68 Å². The van der Waals surface area contributed by atoms with E-state index in [9.17, 15) is 4.79 Å². The summed E-state index contributed by atoms with van der Waals surface area (Å²) in [5, 5.41) is 15.6. The van der Waals surface area contributed by atoms with Crippen molar-refractivity contribution in [3.05, 3.63) is 65.7 Å². The van der Waals surface area contributed by atoms with Crippen LogP contribution in [0.5, 0.6) is 0 Å². The summed E-state index contributed by atoms with van der Waals surface area (Å²) in [5.74, 6) is 0.707. The molecule has 3 aromatic rings. The molecule has 0 saturated heterocycles. The second-order valence-corrected chi connectivity index (χ2v) is 8.10. The van der Waals surface area contributed by atoms with Crippen molar-refractivity contribution >= 4 is 17.7 Å². The van der Waals surface area contributed by atoms with Gasteiger partial charge in [-0.3, -0.25) is 4.79 Å². The Morgan fingerprint density at radius 2 is 1.93 bits per heavy atom. The largest absolute Gasteiger partial charge is 0.349 e. The number of benzene rings is 2. The zero-order valence-electron chi connectivity index (χ0n) is 16.4. The van der Waals surface area contributed by atoms with Gasteiger partial charge in [0.2, 0.25) is 11.1 Å². The summed E-state index contributed by atoms with van der Waals surface area (Å²) in [5.41, 5.74) is 3.13. The van der Waals surface area contributed by atoms with E-state index < -0.39 is 0 Å². The Morgan fingerprint density at radius 1 is 1.14 bits per heavy atom. The molecule has 3 rings (SSSR count). The molecule has 0 bridgehead atoms. The number of rotatable bonds is 8. The number of thioether (sulfide) groups is 1. The lowest BCUT2D eigenvalue weighted by molar-refractivity contribution is -0.119. The molecule has 146 valence electrons. The van der Waals surface area contributed by atoms with E-state index in [-0.39, 0.29) is 17.7 Å². The van der Waals surface area contributed by atoms with Crippen molar-refractivity contribution in [2.75, 3.05) is 5.75 Å². The van der Waals surface area contributed by atoms with Gasteiger partial charge < -0.3 is 5.32 Å². The molecule has 1 N–H and O–H groups in total. The number of hydrogen-bond donors (Lipinski definition) is 1. The first-order valence-corrected chi connectivity index (χ1v) is 10.3. The predicted octanol–water partition coefficient (Wildman–Crippen LogP) is 3.97. The lowest BCUT2D eigenvalue weighted by Crippen LogP contribution is -2.31. The van der Waals surface area contributed by atoms with Gasteiger partial charge in [0.1, 0.15) is 0 Å². The summed E-state index contributed by atoms with van der Waals surface area (Å²) in [7, 11) is 0. The van der Waals surface area contributed by atoms with Crippen LogP contribution in [0.15, 0.2) is 59.8 Å². The van der Waals surface area contributed by atoms with E-state index in [4.69, 9.17) is 0 Å². The maximum absolute atomic E-state index is 12.6. The molecule has 28 heavy (non-hydrogen) atoms. The fraction of sp³-hybridized carbons (Fsp3) is 0.333. The van der Waals surface area contributed by atoms with Gasteiger partial charge in [0, 0.05) is 0 Å². The molecule has 0 aliphatic rings. The van der Waals surface area contributed by atoms with Crippen LogP contribution in [0, 0.1) is 12.8 Å². The lowest BCUT2D eigenvalue weighted by atomic mass is 9.97. The van der Waals surface area contributed by atoms with Crippen molar-refractivity contribution in [3.8, 4) is 5.69 Å². The van der Waals surface area contributed by atoms with E-state index in [1.807, 2.05) is 49.4 Å². The highest BCUT2D eigenvalue weighted by molar-refractivity contribution is 7.99. The molecule has 0 fully saturated rings. The van der Waals surface area contributed by atoms with Crippen LogP contribution in [-0.4, -0.2) is 31.9 Å². The van der Waals surface area contributed by atoms with Crippen LogP contribution in [0.2, 0.25) is 0 Å². The van der Waals surface area contributed by atoms with E-state index in [0.29, 0.717) is 11.1 Å². The van der Waals surface area contributed by atoms with E-state index in [1.165, 1.54) is 11.8 Å². The number of aromatic nitrogens is 4. The minimum absolute atomic E-state index is 0.00191. The number of hydrogen-bond acceptors (Lipinski definition) is 5. The van der Waals surface area contributed by atoms with Gasteiger partial charge in [0.05, 0.1) is 17.5 Å². The molecule has 1 unspecified atom stereocenters. The monoisotopic (exact) mass is 395 g/mol. The SMILES string of the molecule is Cc1cccc(-n2nnnc2SCC(=O)NC(CC(C)C)c2ccccc2)c1. The fourth-order valence-electron chi connectivity index (χ4n) is 2.99. The Bertz CT molecular complexity index is 910. The molecule has 0 spiro atoms. The first-order valence-electron chi connectivity index (χ1n) is 9.35. The van der Waals surface area contributed by atoms with Gasteiger partial charge in [-0.2, -0.15) is 4.68 Å². The maximum atomic E-state index is 12.6. The van der Waals surface area contributed by atoms with Crippen LogP contribution in [0.3, 0.4) is 0 Å². The minimum Gasteiger partial charge on any atom is -0.349 e. The van der Waals surface area contributed by atoms with Crippen LogP contribution < -0.4 is 5.32 Å². The van der Waals surface area contributed by atoms with Gasteiger partial charge in [-0.15, -0.1) is 5.10 Å². The molecular formula is C21H25N5OS. The number of nitrogens with one attached hydrogen (secondary N) is 1. The number of amides is 1. The van der Waals surface area contributed by atoms with Crippen LogP contribution in [0.25, 0.3) is 5.69 Å². The highest BCUT2D eigenvalue weighted by Gasteiger charge is 2.17. The summed E-state index contributed by atoms with van der Waals surface area (Å²) >= 11 is 1.33. The molecule has 0 aliphatic carbocycles. The summed E-state index contributed by atoms with van der Waals surface area (Å²) in [6.07, 6.45) is 0.890. The summed E-state index contributed by atoms with van der Waals surface area (Å²) in [6.45, 7) is 6.34. The van der Waals surface area contributed by atoms with Crippen LogP contribution in [-0.2, 0) is 4.79 Å². The van der Waals surface area contributed by atoms with Crippen molar-refractivity contribution in [1.82, 2.24) is 25.5 Å². The number of tetrazole rings is 1. The second kappa shape index (κ2) is 9.50. The van der Waals surface area contributed by atoms with Gasteiger partial charge in [-0.25, -0.2) is 0 Å². The van der Waals surface area contributed by atoms with E-state index in [2.05, 4.69) is 46.8 Å². The van der Waals surface area contributed by atoms with Gasteiger partial charge in [0.15, 0.2) is 0 Å². The van der Waals surface area contributed by atoms with Gasteiger partial charge in [-0.1, -0.05) is 68.1 Å². The molecule has 7 heteroatoms. The Kier molecular flexibility index (Phi) is 6.81. The third-order valence-electron chi connectivity index (χ3n) is 4.26. The summed E-state index contributed by atoms with van der Waals surface area (Å²) in [6, 6.07) is 18.0. The quantitative estimate of drug-likeness (QED) is 0.584. The normalized spacial score (nSPS) is 12.1. The fourth-order valence-corrected chi connectivity index (χ4v) is 3.69. The predicted molar refractivity (Wildman–Crippen MR) is 111 cm³/mol. The lowest BCUT2D eigenvalue weighted by Gasteiger charge is -2.21. The highest BCUT2D eigenvalue weighted by atomic mass is 32.2. The Hall–Kier alpha value is -2.67. The van der Waals surface area contributed by atoms with E-state index in [0.717, 1.165) is 23.2 Å². The van der Waals surface area contributed by atoms with Gasteiger partial charge >= 0.3 is 0 Å². The molecule has 1 heterocycles.